The average Bonchev–Trinajstić information content (AvgIpc) is 2.67. The molecule has 0 atom stereocenters. The van der Waals surface area contributed by atoms with Gasteiger partial charge in [0, 0.05) is 12.0 Å². The molecule has 0 saturated heterocycles. The third-order valence-corrected chi connectivity index (χ3v) is 4.30. The molecule has 148 valence electrons. The zero-order valence-corrected chi connectivity index (χ0v) is 15.2. The van der Waals surface area contributed by atoms with E-state index in [0.29, 0.717) is 18.8 Å². The molecule has 8 nitrogen and oxygen atoms in total. The summed E-state index contributed by atoms with van der Waals surface area (Å²) in [6, 6.07) is 15.9. The van der Waals surface area contributed by atoms with Crippen LogP contribution >= 0.6 is 0 Å². The maximum absolute atomic E-state index is 12.1. The summed E-state index contributed by atoms with van der Waals surface area (Å²) in [6.45, 7) is 0.364. The molecule has 3 aromatic rings. The molecule has 29 heavy (non-hydrogen) atoms. The second-order valence-corrected chi connectivity index (χ2v) is 6.21. The summed E-state index contributed by atoms with van der Waals surface area (Å²) in [6.07, 6.45) is 0.657. The van der Waals surface area contributed by atoms with Crippen molar-refractivity contribution in [1.29, 1.82) is 0 Å². The van der Waals surface area contributed by atoms with Crippen molar-refractivity contribution in [2.45, 2.75) is 6.42 Å². The Morgan fingerprint density at radius 1 is 0.966 bits per heavy atom. The van der Waals surface area contributed by atoms with Crippen molar-refractivity contribution in [1.82, 2.24) is 4.98 Å². The lowest BCUT2D eigenvalue weighted by Gasteiger charge is -2.13. The van der Waals surface area contributed by atoms with Crippen LogP contribution in [0.25, 0.3) is 11.1 Å². The van der Waals surface area contributed by atoms with Gasteiger partial charge in [-0.3, -0.25) is 4.79 Å². The van der Waals surface area contributed by atoms with Crippen LogP contribution in [0, 0.1) is 0 Å². The molecule has 0 spiro atoms. The number of ether oxygens (including phenoxy) is 1. The Hall–Kier alpha value is -4.07. The highest BCUT2D eigenvalue weighted by atomic mass is 16.5. The van der Waals surface area contributed by atoms with E-state index in [1.807, 2.05) is 30.3 Å². The molecule has 0 unspecified atom stereocenters. The van der Waals surface area contributed by atoms with Crippen molar-refractivity contribution in [3.8, 4) is 16.9 Å². The van der Waals surface area contributed by atoms with Gasteiger partial charge in [0.2, 0.25) is 0 Å². The molecule has 3 rings (SSSR count). The van der Waals surface area contributed by atoms with E-state index in [2.05, 4.69) is 4.98 Å². The van der Waals surface area contributed by atoms with E-state index in [4.69, 9.17) is 10.5 Å². The van der Waals surface area contributed by atoms with Gasteiger partial charge in [0.15, 0.2) is 0 Å². The van der Waals surface area contributed by atoms with Crippen LogP contribution in [0.4, 0.5) is 5.82 Å². The number of hydrogen-bond acceptors (Lipinski definition) is 5. The Labute approximate surface area is 165 Å². The summed E-state index contributed by atoms with van der Waals surface area (Å²) in [5, 5.41) is 19.0. The Balaban J connectivity index is 1.99. The third kappa shape index (κ3) is 4.27. The maximum atomic E-state index is 12.1. The van der Waals surface area contributed by atoms with Crippen molar-refractivity contribution in [3.63, 3.8) is 0 Å². The molecule has 0 fully saturated rings. The van der Waals surface area contributed by atoms with Crippen molar-refractivity contribution in [2.24, 2.45) is 0 Å². The molecule has 1 aromatic heterocycles. The second-order valence-electron chi connectivity index (χ2n) is 6.21. The number of aromatic carboxylic acids is 2. The first kappa shape index (κ1) is 19.7. The largest absolute Gasteiger partial charge is 0.493 e. The van der Waals surface area contributed by atoms with Crippen LogP contribution < -0.4 is 16.0 Å². The number of pyridine rings is 1. The number of H-pyrrole nitrogens is 1. The van der Waals surface area contributed by atoms with E-state index < -0.39 is 34.4 Å². The van der Waals surface area contributed by atoms with Gasteiger partial charge in [0.1, 0.15) is 22.7 Å². The summed E-state index contributed by atoms with van der Waals surface area (Å²) >= 11 is 0. The molecule has 1 heterocycles. The number of carboxylic acids is 2. The predicted molar refractivity (Wildman–Crippen MR) is 106 cm³/mol. The Morgan fingerprint density at radius 3 is 2.31 bits per heavy atom. The third-order valence-electron chi connectivity index (χ3n) is 4.30. The first-order valence-electron chi connectivity index (χ1n) is 8.68. The lowest BCUT2D eigenvalue weighted by Crippen LogP contribution is -2.24. The fraction of sp³-hybridized carbons (Fsp3) is 0.0952. The van der Waals surface area contributed by atoms with Crippen molar-refractivity contribution < 1.29 is 24.5 Å². The van der Waals surface area contributed by atoms with E-state index in [-0.39, 0.29) is 11.1 Å². The van der Waals surface area contributed by atoms with Gasteiger partial charge >= 0.3 is 11.9 Å². The zero-order valence-electron chi connectivity index (χ0n) is 15.2. The van der Waals surface area contributed by atoms with Gasteiger partial charge < -0.3 is 25.7 Å². The predicted octanol–water partition coefficient (Wildman–Crippen LogP) is 2.64. The van der Waals surface area contributed by atoms with Gasteiger partial charge in [-0.2, -0.15) is 0 Å². The van der Waals surface area contributed by atoms with E-state index in [9.17, 15) is 24.6 Å². The van der Waals surface area contributed by atoms with E-state index in [1.165, 1.54) is 12.1 Å². The van der Waals surface area contributed by atoms with Gasteiger partial charge in [-0.25, -0.2) is 9.59 Å². The number of nitrogen functional groups attached to an aromatic ring is 1. The molecule has 0 bridgehead atoms. The minimum Gasteiger partial charge on any atom is -0.493 e. The van der Waals surface area contributed by atoms with Gasteiger partial charge in [-0.1, -0.05) is 42.5 Å². The summed E-state index contributed by atoms with van der Waals surface area (Å²) in [5.41, 5.74) is 4.52. The van der Waals surface area contributed by atoms with Gasteiger partial charge in [-0.15, -0.1) is 0 Å². The normalized spacial score (nSPS) is 10.5. The summed E-state index contributed by atoms with van der Waals surface area (Å²) in [4.78, 5) is 37.5. The average molecular weight is 394 g/mol. The quantitative estimate of drug-likeness (QED) is 0.482. The molecular weight excluding hydrogens is 376 g/mol. The van der Waals surface area contributed by atoms with Crippen LogP contribution in [0.1, 0.15) is 26.3 Å². The molecule has 0 aliphatic carbocycles. The number of hydrogen-bond donors (Lipinski definition) is 4. The van der Waals surface area contributed by atoms with Crippen molar-refractivity contribution in [3.05, 3.63) is 81.6 Å². The summed E-state index contributed by atoms with van der Waals surface area (Å²) in [5.74, 6) is -3.02. The van der Waals surface area contributed by atoms with E-state index >= 15 is 0 Å². The van der Waals surface area contributed by atoms with Gasteiger partial charge in [-0.05, 0) is 23.3 Å². The lowest BCUT2D eigenvalue weighted by molar-refractivity contribution is 0.0695. The van der Waals surface area contributed by atoms with Gasteiger partial charge in [0.05, 0.1) is 6.61 Å². The number of carbonyl (C=O) groups is 2. The number of anilines is 1. The highest BCUT2D eigenvalue weighted by molar-refractivity contribution is 6.07. The number of carboxylic acid groups (broad SMARTS) is 2. The molecule has 8 heteroatoms. The maximum Gasteiger partial charge on any atom is 0.342 e. The molecule has 0 aliphatic heterocycles. The molecular formula is C21H18N2O6. The second kappa shape index (κ2) is 8.30. The minimum absolute atomic E-state index is 0.204. The van der Waals surface area contributed by atoms with Crippen LogP contribution in [0.3, 0.4) is 0 Å². The van der Waals surface area contributed by atoms with Gasteiger partial charge in [0.25, 0.3) is 5.56 Å². The highest BCUT2D eigenvalue weighted by Crippen LogP contribution is 2.31. The van der Waals surface area contributed by atoms with Crippen molar-refractivity contribution in [2.75, 3.05) is 12.3 Å². The van der Waals surface area contributed by atoms with Crippen LogP contribution in [0.15, 0.2) is 59.4 Å². The van der Waals surface area contributed by atoms with Crippen LogP contribution in [-0.2, 0) is 6.42 Å². The van der Waals surface area contributed by atoms with E-state index in [1.54, 1.807) is 12.1 Å². The molecule has 5 N–H and O–H groups in total. The van der Waals surface area contributed by atoms with Crippen molar-refractivity contribution >= 4 is 17.8 Å². The number of aromatic nitrogens is 1. The number of benzene rings is 2. The van der Waals surface area contributed by atoms with E-state index in [0.717, 1.165) is 5.56 Å². The monoisotopic (exact) mass is 394 g/mol. The van der Waals surface area contributed by atoms with Crippen LogP contribution in [0.5, 0.6) is 5.75 Å². The standard InChI is InChI=1S/C21H18N2O6/c22-18-16(20(25)26)15(17(21(27)28)19(24)23-18)13-7-4-8-14(11-13)29-10-9-12-5-2-1-3-6-12/h1-8,11H,9-10H2,(H,25,26)(H,27,28)(H3,22,23,24). The fourth-order valence-electron chi connectivity index (χ4n) is 3.01. The molecule has 2 aromatic carbocycles. The highest BCUT2D eigenvalue weighted by Gasteiger charge is 2.26. The minimum atomic E-state index is -1.56. The smallest absolute Gasteiger partial charge is 0.342 e. The first-order chi connectivity index (χ1) is 13.9. The number of rotatable bonds is 7. The fourth-order valence-corrected chi connectivity index (χ4v) is 3.01. The Morgan fingerprint density at radius 2 is 1.66 bits per heavy atom. The lowest BCUT2D eigenvalue weighted by atomic mass is 9.95. The summed E-state index contributed by atoms with van der Waals surface area (Å²) < 4.78 is 5.72. The SMILES string of the molecule is Nc1[nH]c(=O)c(C(=O)O)c(-c2cccc(OCCc3ccccc3)c2)c1C(=O)O. The summed E-state index contributed by atoms with van der Waals surface area (Å²) in [7, 11) is 0. The Bertz CT molecular complexity index is 1120. The first-order valence-corrected chi connectivity index (χ1v) is 8.68. The Kier molecular flexibility index (Phi) is 5.64. The number of nitrogens with two attached hydrogens (primary N) is 1. The van der Waals surface area contributed by atoms with Crippen LogP contribution in [-0.4, -0.2) is 33.7 Å². The zero-order chi connectivity index (χ0) is 21.0. The topological polar surface area (TPSA) is 143 Å². The van der Waals surface area contributed by atoms with Crippen LogP contribution in [0.2, 0.25) is 0 Å². The number of nitrogens with one attached hydrogen (secondary N) is 1. The number of aromatic amines is 1. The molecule has 0 aliphatic rings. The molecule has 0 saturated carbocycles. The molecule has 0 amide bonds. The molecule has 0 radical (unpaired) electrons.